The first kappa shape index (κ1) is 28.2. The number of hydrogen-bond acceptors (Lipinski definition) is 2. The van der Waals surface area contributed by atoms with Crippen LogP contribution in [0.5, 0.6) is 11.5 Å². The van der Waals surface area contributed by atoms with Crippen molar-refractivity contribution < 1.29 is 4.74 Å². The standard InChI is InChI=1S/C33H35Cl4N2O/c1-5-38-11-7-9-18(3)20-13-22-28(16-26(20)38)40-29-17-27-21(19(4)10-8-12-39(27)6-2)14-23(29)30(22)24-15-25(34)32(36)33(37)31(24)35/h13-19H,5-12H2,1-4H3/q+1. The van der Waals surface area contributed by atoms with E-state index in [9.17, 15) is 0 Å². The molecule has 3 aliphatic heterocycles. The minimum atomic E-state index is 0.272. The minimum Gasteiger partial charge on any atom is -0.456 e. The molecule has 6 rings (SSSR count). The average Bonchev–Trinajstić information content (AvgIpc) is 3.20. The van der Waals surface area contributed by atoms with E-state index in [4.69, 9.17) is 51.1 Å². The summed E-state index contributed by atoms with van der Waals surface area (Å²) in [6, 6.07) is 11.0. The molecule has 40 heavy (non-hydrogen) atoms. The van der Waals surface area contributed by atoms with Crippen molar-refractivity contribution in [2.75, 3.05) is 31.1 Å². The van der Waals surface area contributed by atoms with Crippen molar-refractivity contribution in [2.45, 2.75) is 65.2 Å². The maximum Gasteiger partial charge on any atom is 0.207 e. The number of rotatable bonds is 3. The monoisotopic (exact) mass is 615 g/mol. The predicted octanol–water partition coefficient (Wildman–Crippen LogP) is 8.79. The van der Waals surface area contributed by atoms with Gasteiger partial charge in [-0.15, -0.1) is 0 Å². The van der Waals surface area contributed by atoms with Gasteiger partial charge in [0.1, 0.15) is 24.6 Å². The zero-order valence-corrected chi connectivity index (χ0v) is 26.5. The van der Waals surface area contributed by atoms with Crippen LogP contribution in [0.2, 0.25) is 20.1 Å². The summed E-state index contributed by atoms with van der Waals surface area (Å²) < 4.78 is 9.28. The summed E-state index contributed by atoms with van der Waals surface area (Å²) in [6.45, 7) is 13.1. The Balaban J connectivity index is 1.75. The highest BCUT2D eigenvalue weighted by Crippen LogP contribution is 2.48. The van der Waals surface area contributed by atoms with Gasteiger partial charge in [0, 0.05) is 58.7 Å². The molecule has 0 saturated carbocycles. The Labute approximate surface area is 257 Å². The molecule has 3 aromatic carbocycles. The number of halogens is 4. The third-order valence-corrected chi connectivity index (χ3v) is 10.8. The van der Waals surface area contributed by atoms with Crippen molar-refractivity contribution in [3.63, 3.8) is 0 Å². The molecule has 0 amide bonds. The summed E-state index contributed by atoms with van der Waals surface area (Å²) in [5.41, 5.74) is 6.71. The third kappa shape index (κ3) is 4.62. The Hall–Kier alpha value is -1.91. The van der Waals surface area contributed by atoms with Crippen LogP contribution in [0, 0.1) is 0 Å². The van der Waals surface area contributed by atoms with Gasteiger partial charge in [-0.1, -0.05) is 60.3 Å². The summed E-state index contributed by atoms with van der Waals surface area (Å²) in [5.74, 6) is 2.52. The fraction of sp³-hybridized carbons (Fsp3) is 0.424. The van der Waals surface area contributed by atoms with Crippen molar-refractivity contribution in [3.8, 4) is 11.5 Å². The van der Waals surface area contributed by atoms with E-state index < -0.39 is 0 Å². The van der Waals surface area contributed by atoms with Crippen LogP contribution in [0.25, 0.3) is 5.57 Å². The molecule has 3 nitrogen and oxygen atoms in total. The first-order valence-electron chi connectivity index (χ1n) is 14.5. The summed E-state index contributed by atoms with van der Waals surface area (Å²) in [5, 5.41) is 3.60. The van der Waals surface area contributed by atoms with E-state index in [1.807, 2.05) is 6.07 Å². The predicted molar refractivity (Wildman–Crippen MR) is 170 cm³/mol. The number of anilines is 1. The van der Waals surface area contributed by atoms with Crippen molar-refractivity contribution in [3.05, 3.63) is 83.3 Å². The van der Waals surface area contributed by atoms with Gasteiger partial charge >= 0.3 is 0 Å². The minimum absolute atomic E-state index is 0.272. The lowest BCUT2D eigenvalue weighted by atomic mass is 9.86. The van der Waals surface area contributed by atoms with E-state index >= 15 is 0 Å². The number of benzene rings is 3. The van der Waals surface area contributed by atoms with E-state index in [-0.39, 0.29) is 10.0 Å². The molecule has 0 aliphatic carbocycles. The Morgan fingerprint density at radius 1 is 0.825 bits per heavy atom. The first-order chi connectivity index (χ1) is 19.2. The molecule has 0 saturated heterocycles. The summed E-state index contributed by atoms with van der Waals surface area (Å²) >= 11 is 26.7. The van der Waals surface area contributed by atoms with Gasteiger partial charge in [-0.25, -0.2) is 4.58 Å². The van der Waals surface area contributed by atoms with E-state index in [0.29, 0.717) is 21.9 Å². The molecule has 3 aliphatic rings. The summed E-state index contributed by atoms with van der Waals surface area (Å²) in [7, 11) is 0. The lowest BCUT2D eigenvalue weighted by Crippen LogP contribution is -2.34. The second-order valence-electron chi connectivity index (χ2n) is 11.4. The average molecular weight is 617 g/mol. The largest absolute Gasteiger partial charge is 0.456 e. The van der Waals surface area contributed by atoms with Gasteiger partial charge in [0.15, 0.2) is 0 Å². The quantitative estimate of drug-likeness (QED) is 0.130. The lowest BCUT2D eigenvalue weighted by Gasteiger charge is -2.29. The smallest absolute Gasteiger partial charge is 0.207 e. The number of nitrogens with zero attached hydrogens (tertiary/aromatic N) is 2. The molecule has 0 radical (unpaired) electrons. The SMILES string of the molecule is CCN1CCCC(C)c2cc3c(cc21)Oc1cc2c(cc1=C3c1cc(Cl)c(Cl)c(Cl)c1Cl)C(C)CCC[N+]=2CC. The van der Waals surface area contributed by atoms with Gasteiger partial charge in [-0.2, -0.15) is 0 Å². The van der Waals surface area contributed by atoms with Gasteiger partial charge < -0.3 is 9.64 Å². The van der Waals surface area contributed by atoms with Crippen molar-refractivity contribution >= 4 is 57.7 Å². The van der Waals surface area contributed by atoms with Gasteiger partial charge in [-0.3, -0.25) is 0 Å². The van der Waals surface area contributed by atoms with E-state index in [2.05, 4.69) is 61.4 Å². The molecule has 0 fully saturated rings. The highest BCUT2D eigenvalue weighted by Gasteiger charge is 2.31. The topological polar surface area (TPSA) is 15.5 Å². The number of ether oxygens (including phenoxy) is 1. The maximum absolute atomic E-state index is 6.97. The van der Waals surface area contributed by atoms with E-state index in [1.165, 1.54) is 22.2 Å². The Morgan fingerprint density at radius 2 is 1.57 bits per heavy atom. The zero-order valence-electron chi connectivity index (χ0n) is 23.5. The molecule has 3 aromatic rings. The van der Waals surface area contributed by atoms with Gasteiger partial charge in [0.05, 0.1) is 26.2 Å². The highest BCUT2D eigenvalue weighted by molar-refractivity contribution is 6.52. The van der Waals surface area contributed by atoms with Gasteiger partial charge in [0.2, 0.25) is 5.36 Å². The molecule has 3 heterocycles. The fourth-order valence-corrected chi connectivity index (χ4v) is 7.66. The highest BCUT2D eigenvalue weighted by atomic mass is 35.5. The van der Waals surface area contributed by atoms with Crippen LogP contribution in [0.3, 0.4) is 0 Å². The van der Waals surface area contributed by atoms with Crippen LogP contribution in [-0.2, 0) is 0 Å². The molecular weight excluding hydrogens is 582 g/mol. The Bertz CT molecular complexity index is 1650. The van der Waals surface area contributed by atoms with Crippen LogP contribution in [0.1, 0.15) is 87.5 Å². The molecule has 7 heteroatoms. The Morgan fingerprint density at radius 3 is 2.33 bits per heavy atom. The van der Waals surface area contributed by atoms with E-state index in [0.717, 1.165) is 85.3 Å². The maximum atomic E-state index is 6.97. The second-order valence-corrected chi connectivity index (χ2v) is 12.9. The van der Waals surface area contributed by atoms with Crippen LogP contribution in [0.4, 0.5) is 5.69 Å². The van der Waals surface area contributed by atoms with Crippen LogP contribution < -0.4 is 24.8 Å². The number of fused-ring (bicyclic) bond motifs is 4. The molecule has 0 bridgehead atoms. The van der Waals surface area contributed by atoms with Crippen LogP contribution in [-0.4, -0.2) is 26.2 Å². The molecule has 0 spiro atoms. The second kappa shape index (κ2) is 11.1. The summed E-state index contributed by atoms with van der Waals surface area (Å²) in [6.07, 6.45) is 4.62. The van der Waals surface area contributed by atoms with Gasteiger partial charge in [-0.05, 0) is 68.7 Å². The normalized spacial score (nSPS) is 20.1. The van der Waals surface area contributed by atoms with Gasteiger partial charge in [0.25, 0.3) is 0 Å². The Kier molecular flexibility index (Phi) is 7.80. The van der Waals surface area contributed by atoms with Crippen LogP contribution >= 0.6 is 46.4 Å². The molecule has 0 aromatic heterocycles. The lowest BCUT2D eigenvalue weighted by molar-refractivity contribution is 0.469. The molecule has 0 N–H and O–H groups in total. The molecule has 2 atom stereocenters. The third-order valence-electron chi connectivity index (χ3n) is 9.03. The van der Waals surface area contributed by atoms with Crippen molar-refractivity contribution in [2.24, 2.45) is 0 Å². The summed E-state index contributed by atoms with van der Waals surface area (Å²) in [4.78, 5) is 2.47. The first-order valence-corrected chi connectivity index (χ1v) is 16.0. The van der Waals surface area contributed by atoms with Crippen LogP contribution in [0.15, 0.2) is 30.3 Å². The molecule has 210 valence electrons. The van der Waals surface area contributed by atoms with Crippen molar-refractivity contribution in [1.29, 1.82) is 0 Å². The molecular formula is C33H35Cl4N2O+. The molecule has 2 unspecified atom stereocenters. The zero-order chi connectivity index (χ0) is 28.3. The van der Waals surface area contributed by atoms with Crippen molar-refractivity contribution in [1.82, 2.24) is 4.58 Å². The number of hydrogen-bond donors (Lipinski definition) is 0. The van der Waals surface area contributed by atoms with E-state index in [1.54, 1.807) is 0 Å². The fourth-order valence-electron chi connectivity index (χ4n) is 6.76.